The first-order chi connectivity index (χ1) is 8.96. The molecule has 19 heavy (non-hydrogen) atoms. The van der Waals surface area contributed by atoms with Gasteiger partial charge in [-0.15, -0.1) is 0 Å². The summed E-state index contributed by atoms with van der Waals surface area (Å²) in [5.74, 6) is 2.11. The molecule has 0 aliphatic heterocycles. The highest BCUT2D eigenvalue weighted by atomic mass is 15.1. The fourth-order valence-corrected chi connectivity index (χ4v) is 4.39. The maximum absolute atomic E-state index is 3.87. The predicted octanol–water partition coefficient (Wildman–Crippen LogP) is 3.52. The van der Waals surface area contributed by atoms with Crippen LogP contribution in [0, 0.1) is 17.3 Å². The highest BCUT2D eigenvalue weighted by Crippen LogP contribution is 2.40. The van der Waals surface area contributed by atoms with E-state index in [0.717, 1.165) is 24.4 Å². The van der Waals surface area contributed by atoms with Crippen LogP contribution in [-0.4, -0.2) is 38.1 Å². The van der Waals surface area contributed by atoms with Crippen LogP contribution in [0.25, 0.3) is 0 Å². The maximum atomic E-state index is 3.87. The van der Waals surface area contributed by atoms with Crippen molar-refractivity contribution in [3.8, 4) is 0 Å². The molecule has 2 aliphatic carbocycles. The van der Waals surface area contributed by atoms with E-state index in [9.17, 15) is 0 Å². The molecule has 0 aromatic heterocycles. The molecule has 0 bridgehead atoms. The molecular weight excluding hydrogens is 232 g/mol. The van der Waals surface area contributed by atoms with E-state index < -0.39 is 0 Å². The van der Waals surface area contributed by atoms with Crippen LogP contribution in [0.4, 0.5) is 0 Å². The Morgan fingerprint density at radius 1 is 1.00 bits per heavy atom. The van der Waals surface area contributed by atoms with Gasteiger partial charge in [-0.05, 0) is 50.6 Å². The van der Waals surface area contributed by atoms with Crippen molar-refractivity contribution >= 4 is 0 Å². The van der Waals surface area contributed by atoms with Gasteiger partial charge in [-0.25, -0.2) is 0 Å². The number of nitrogens with zero attached hydrogens (tertiary/aromatic N) is 1. The Balaban J connectivity index is 1.74. The number of fused-ring (bicyclic) bond motifs is 1. The fourth-order valence-electron chi connectivity index (χ4n) is 4.39. The van der Waals surface area contributed by atoms with Gasteiger partial charge in [0.25, 0.3) is 0 Å². The third-order valence-electron chi connectivity index (χ3n) is 5.15. The van der Waals surface area contributed by atoms with Gasteiger partial charge in [-0.3, -0.25) is 0 Å². The van der Waals surface area contributed by atoms with Crippen LogP contribution in [0.15, 0.2) is 0 Å². The molecule has 3 atom stereocenters. The average Bonchev–Trinajstić information content (AvgIpc) is 2.35. The Labute approximate surface area is 120 Å². The Bertz CT molecular complexity index is 272. The number of rotatable bonds is 5. The number of hydrogen-bond donors (Lipinski definition) is 1. The molecule has 0 spiro atoms. The van der Waals surface area contributed by atoms with E-state index >= 15 is 0 Å². The van der Waals surface area contributed by atoms with Gasteiger partial charge >= 0.3 is 0 Å². The Morgan fingerprint density at radius 3 is 2.37 bits per heavy atom. The van der Waals surface area contributed by atoms with Crippen LogP contribution < -0.4 is 5.32 Å². The molecule has 0 heterocycles. The smallest absolute Gasteiger partial charge is 0.00701 e. The summed E-state index contributed by atoms with van der Waals surface area (Å²) < 4.78 is 0. The van der Waals surface area contributed by atoms with E-state index in [2.05, 4.69) is 38.2 Å². The summed E-state index contributed by atoms with van der Waals surface area (Å²) in [5, 5.41) is 3.87. The molecule has 0 radical (unpaired) electrons. The van der Waals surface area contributed by atoms with Crippen LogP contribution >= 0.6 is 0 Å². The van der Waals surface area contributed by atoms with Crippen molar-refractivity contribution in [2.75, 3.05) is 27.2 Å². The molecule has 1 N–H and O–H groups in total. The van der Waals surface area contributed by atoms with Crippen LogP contribution in [0.2, 0.25) is 0 Å². The molecule has 2 fully saturated rings. The summed E-state index contributed by atoms with van der Waals surface area (Å²) in [4.78, 5) is 2.31. The second-order valence-corrected chi connectivity index (χ2v) is 8.10. The van der Waals surface area contributed by atoms with Gasteiger partial charge in [0.15, 0.2) is 0 Å². The molecule has 2 aliphatic rings. The van der Waals surface area contributed by atoms with E-state index in [1.807, 2.05) is 0 Å². The van der Waals surface area contributed by atoms with E-state index in [1.165, 1.54) is 51.5 Å². The summed E-state index contributed by atoms with van der Waals surface area (Å²) in [5.41, 5.74) is 0.382. The fraction of sp³-hybridized carbons (Fsp3) is 1.00. The molecule has 112 valence electrons. The largest absolute Gasteiger partial charge is 0.313 e. The molecule has 2 saturated carbocycles. The van der Waals surface area contributed by atoms with Gasteiger partial charge in [-0.1, -0.05) is 39.5 Å². The van der Waals surface area contributed by atoms with Gasteiger partial charge in [0, 0.05) is 19.1 Å². The zero-order valence-electron chi connectivity index (χ0n) is 13.5. The second-order valence-electron chi connectivity index (χ2n) is 8.10. The van der Waals surface area contributed by atoms with Crippen LogP contribution in [0.5, 0.6) is 0 Å². The van der Waals surface area contributed by atoms with Crippen molar-refractivity contribution in [1.82, 2.24) is 10.2 Å². The minimum absolute atomic E-state index is 0.382. The Kier molecular flexibility index (Phi) is 5.30. The summed E-state index contributed by atoms with van der Waals surface area (Å²) >= 11 is 0. The van der Waals surface area contributed by atoms with E-state index in [1.54, 1.807) is 0 Å². The molecule has 0 aromatic carbocycles. The van der Waals surface area contributed by atoms with Crippen molar-refractivity contribution in [1.29, 1.82) is 0 Å². The van der Waals surface area contributed by atoms with Crippen LogP contribution in [-0.2, 0) is 0 Å². The first-order valence-electron chi connectivity index (χ1n) is 8.34. The molecule has 3 unspecified atom stereocenters. The minimum Gasteiger partial charge on any atom is -0.313 e. The molecular formula is C17H34N2. The van der Waals surface area contributed by atoms with Gasteiger partial charge < -0.3 is 10.2 Å². The second kappa shape index (κ2) is 6.58. The van der Waals surface area contributed by atoms with E-state index in [-0.39, 0.29) is 0 Å². The van der Waals surface area contributed by atoms with E-state index in [0.29, 0.717) is 5.41 Å². The average molecular weight is 266 g/mol. The number of hydrogen-bond acceptors (Lipinski definition) is 2. The normalized spacial score (nSPS) is 32.4. The van der Waals surface area contributed by atoms with Crippen molar-refractivity contribution in [3.63, 3.8) is 0 Å². The zero-order chi connectivity index (χ0) is 13.9. The summed E-state index contributed by atoms with van der Waals surface area (Å²) in [6.45, 7) is 7.09. The zero-order valence-corrected chi connectivity index (χ0v) is 13.5. The van der Waals surface area contributed by atoms with E-state index in [4.69, 9.17) is 0 Å². The molecule has 0 aromatic rings. The lowest BCUT2D eigenvalue weighted by Crippen LogP contribution is -2.45. The maximum Gasteiger partial charge on any atom is 0.00701 e. The lowest BCUT2D eigenvalue weighted by Gasteiger charge is -2.40. The lowest BCUT2D eigenvalue weighted by atomic mass is 9.69. The van der Waals surface area contributed by atoms with Gasteiger partial charge in [0.2, 0.25) is 0 Å². The van der Waals surface area contributed by atoms with Crippen molar-refractivity contribution in [2.45, 2.75) is 64.8 Å². The quantitative estimate of drug-likeness (QED) is 0.819. The molecule has 0 saturated heterocycles. The Hall–Kier alpha value is -0.0800. The predicted molar refractivity (Wildman–Crippen MR) is 83.4 cm³/mol. The molecule has 2 nitrogen and oxygen atoms in total. The van der Waals surface area contributed by atoms with Gasteiger partial charge in [0.1, 0.15) is 0 Å². The first kappa shape index (κ1) is 15.3. The molecule has 0 amide bonds. The van der Waals surface area contributed by atoms with Crippen molar-refractivity contribution in [2.24, 2.45) is 17.3 Å². The first-order valence-corrected chi connectivity index (χ1v) is 8.34. The van der Waals surface area contributed by atoms with Gasteiger partial charge in [0.05, 0.1) is 0 Å². The molecule has 2 rings (SSSR count). The summed E-state index contributed by atoms with van der Waals surface area (Å²) in [6, 6.07) is 0.792. The van der Waals surface area contributed by atoms with Crippen LogP contribution in [0.1, 0.15) is 58.8 Å². The lowest BCUT2D eigenvalue weighted by molar-refractivity contribution is 0.133. The third-order valence-corrected chi connectivity index (χ3v) is 5.15. The number of nitrogens with one attached hydrogen (secondary N) is 1. The summed E-state index contributed by atoms with van der Waals surface area (Å²) in [6.07, 6.45) is 10.3. The monoisotopic (exact) mass is 266 g/mol. The minimum atomic E-state index is 0.382. The third kappa shape index (κ3) is 4.75. The van der Waals surface area contributed by atoms with Gasteiger partial charge in [-0.2, -0.15) is 0 Å². The highest BCUT2D eigenvalue weighted by Gasteiger charge is 2.32. The SMILES string of the molecule is CN(C)CC(C)(C)CNC1CCC2CCCCC2C1. The standard InChI is InChI=1S/C17H34N2/c1-17(2,13-19(3)4)12-18-16-10-9-14-7-5-6-8-15(14)11-16/h14-16,18H,5-13H2,1-4H3. The Morgan fingerprint density at radius 2 is 1.68 bits per heavy atom. The van der Waals surface area contributed by atoms with Crippen molar-refractivity contribution in [3.05, 3.63) is 0 Å². The summed E-state index contributed by atoms with van der Waals surface area (Å²) in [7, 11) is 4.35. The topological polar surface area (TPSA) is 15.3 Å². The molecule has 2 heteroatoms. The highest BCUT2D eigenvalue weighted by molar-refractivity contribution is 4.87. The van der Waals surface area contributed by atoms with Crippen molar-refractivity contribution < 1.29 is 0 Å². The van der Waals surface area contributed by atoms with Crippen LogP contribution in [0.3, 0.4) is 0 Å².